The van der Waals surface area contributed by atoms with Crippen molar-refractivity contribution in [1.82, 2.24) is 5.32 Å². The number of benzene rings is 1. The first-order valence-electron chi connectivity index (χ1n) is 6.50. The third-order valence-electron chi connectivity index (χ3n) is 3.47. The number of carbonyl (C=O) groups is 2. The number of rotatable bonds is 4. The molecule has 2 rings (SSSR count). The maximum atomic E-state index is 12.0. The van der Waals surface area contributed by atoms with Crippen molar-refractivity contribution >= 4 is 17.7 Å². The molecule has 19 heavy (non-hydrogen) atoms. The van der Waals surface area contributed by atoms with Crippen LogP contribution in [0, 0.1) is 0 Å². The number of hydrogen-bond acceptors (Lipinski definition) is 2. The fourth-order valence-electron chi connectivity index (χ4n) is 2.48. The van der Waals surface area contributed by atoms with Gasteiger partial charge in [-0.15, -0.1) is 0 Å². The van der Waals surface area contributed by atoms with Crippen LogP contribution >= 0.6 is 0 Å². The zero-order valence-corrected chi connectivity index (χ0v) is 11.1. The van der Waals surface area contributed by atoms with Gasteiger partial charge in [0.15, 0.2) is 6.04 Å². The molecule has 1 saturated heterocycles. The van der Waals surface area contributed by atoms with E-state index in [1.165, 1.54) is 4.90 Å². The van der Waals surface area contributed by atoms with Gasteiger partial charge in [0.1, 0.15) is 0 Å². The fraction of sp³-hybridized carbons (Fsp3) is 0.429. The van der Waals surface area contributed by atoms with E-state index in [2.05, 4.69) is 5.32 Å². The van der Waals surface area contributed by atoms with E-state index in [-0.39, 0.29) is 12.6 Å². The minimum absolute atomic E-state index is 0.148. The monoisotopic (exact) mass is 262 g/mol. The summed E-state index contributed by atoms with van der Waals surface area (Å²) in [7, 11) is 0. The topological polar surface area (TPSA) is 69.6 Å². The highest BCUT2D eigenvalue weighted by Gasteiger charge is 2.38. The lowest BCUT2D eigenvalue weighted by molar-refractivity contribution is -0.137. The van der Waals surface area contributed by atoms with Gasteiger partial charge in [-0.05, 0) is 24.0 Å². The second kappa shape index (κ2) is 5.30. The van der Waals surface area contributed by atoms with Gasteiger partial charge in [-0.25, -0.2) is 9.59 Å². The Balaban J connectivity index is 2.55. The lowest BCUT2D eigenvalue weighted by Gasteiger charge is -2.25. The van der Waals surface area contributed by atoms with Crippen LogP contribution in [0.3, 0.4) is 0 Å². The van der Waals surface area contributed by atoms with Crippen LogP contribution in [-0.4, -0.2) is 29.7 Å². The number of aliphatic carboxylic acids is 1. The molecule has 1 fully saturated rings. The van der Waals surface area contributed by atoms with Crippen LogP contribution in [0.5, 0.6) is 0 Å². The Kier molecular flexibility index (Phi) is 3.74. The zero-order chi connectivity index (χ0) is 14.0. The van der Waals surface area contributed by atoms with E-state index in [0.717, 1.165) is 29.7 Å². The molecule has 1 atom stereocenters. The van der Waals surface area contributed by atoms with Crippen LogP contribution in [0.1, 0.15) is 25.0 Å². The van der Waals surface area contributed by atoms with Gasteiger partial charge in [-0.3, -0.25) is 4.90 Å². The van der Waals surface area contributed by atoms with Gasteiger partial charge in [0, 0.05) is 0 Å². The van der Waals surface area contributed by atoms with Crippen molar-refractivity contribution in [3.63, 3.8) is 0 Å². The summed E-state index contributed by atoms with van der Waals surface area (Å²) in [5.74, 6) is -0.980. The Morgan fingerprint density at radius 2 is 1.95 bits per heavy atom. The summed E-state index contributed by atoms with van der Waals surface area (Å²) in [6, 6.07) is 4.68. The van der Waals surface area contributed by atoms with Crippen LogP contribution < -0.4 is 10.2 Å². The lowest BCUT2D eigenvalue weighted by atomic mass is 10.0. The molecule has 1 heterocycles. The highest BCUT2D eigenvalue weighted by molar-refractivity contribution is 6.02. The number of para-hydroxylation sites is 1. The Morgan fingerprint density at radius 1 is 1.37 bits per heavy atom. The third kappa shape index (κ3) is 2.28. The van der Waals surface area contributed by atoms with Crippen LogP contribution in [0.4, 0.5) is 10.5 Å². The van der Waals surface area contributed by atoms with E-state index in [1.54, 1.807) is 0 Å². The average Bonchev–Trinajstić information content (AvgIpc) is 2.79. The van der Waals surface area contributed by atoms with Crippen molar-refractivity contribution < 1.29 is 14.7 Å². The quantitative estimate of drug-likeness (QED) is 0.869. The molecule has 0 saturated carbocycles. The molecule has 1 aliphatic heterocycles. The molecule has 1 aromatic carbocycles. The Labute approximate surface area is 112 Å². The molecule has 0 radical (unpaired) electrons. The number of nitrogens with one attached hydrogen (secondary N) is 1. The fourth-order valence-corrected chi connectivity index (χ4v) is 2.48. The van der Waals surface area contributed by atoms with Crippen LogP contribution in [0.15, 0.2) is 18.2 Å². The SMILES string of the molecule is CCc1cccc(CC)c1N1C(=O)NCC1C(=O)O. The molecule has 0 spiro atoms. The lowest BCUT2D eigenvalue weighted by Crippen LogP contribution is -2.40. The van der Waals surface area contributed by atoms with Gasteiger partial charge in [-0.2, -0.15) is 0 Å². The highest BCUT2D eigenvalue weighted by Crippen LogP contribution is 2.30. The molecule has 5 heteroatoms. The van der Waals surface area contributed by atoms with Gasteiger partial charge >= 0.3 is 12.0 Å². The molecule has 2 amide bonds. The largest absolute Gasteiger partial charge is 0.480 e. The predicted octanol–water partition coefficient (Wildman–Crippen LogP) is 1.79. The minimum Gasteiger partial charge on any atom is -0.480 e. The molecular formula is C14H18N2O3. The van der Waals surface area contributed by atoms with Crippen molar-refractivity contribution in [3.05, 3.63) is 29.3 Å². The molecule has 0 aliphatic carbocycles. The van der Waals surface area contributed by atoms with Gasteiger partial charge in [0.05, 0.1) is 12.2 Å². The standard InChI is InChI=1S/C14H18N2O3/c1-3-9-6-5-7-10(4-2)12(9)16-11(13(17)18)8-15-14(16)19/h5-7,11H,3-4,8H2,1-2H3,(H,15,19)(H,17,18). The normalized spacial score (nSPS) is 18.5. The Bertz CT molecular complexity index is 491. The third-order valence-corrected chi connectivity index (χ3v) is 3.47. The summed E-state index contributed by atoms with van der Waals surface area (Å²) < 4.78 is 0. The molecule has 1 unspecified atom stereocenters. The van der Waals surface area contributed by atoms with Crippen molar-refractivity contribution in [1.29, 1.82) is 0 Å². The molecule has 0 aromatic heterocycles. The highest BCUT2D eigenvalue weighted by atomic mass is 16.4. The van der Waals surface area contributed by atoms with Crippen LogP contribution in [0.25, 0.3) is 0 Å². The van der Waals surface area contributed by atoms with E-state index in [9.17, 15) is 14.7 Å². The van der Waals surface area contributed by atoms with E-state index < -0.39 is 12.0 Å². The van der Waals surface area contributed by atoms with E-state index >= 15 is 0 Å². The molecular weight excluding hydrogens is 244 g/mol. The van der Waals surface area contributed by atoms with Crippen molar-refractivity contribution in [2.75, 3.05) is 11.4 Å². The minimum atomic E-state index is -0.980. The molecule has 0 bridgehead atoms. The van der Waals surface area contributed by atoms with Gasteiger partial charge in [-0.1, -0.05) is 32.0 Å². The molecule has 5 nitrogen and oxygen atoms in total. The summed E-state index contributed by atoms with van der Waals surface area (Å²) in [4.78, 5) is 24.7. The number of amides is 2. The first kappa shape index (κ1) is 13.4. The summed E-state index contributed by atoms with van der Waals surface area (Å²) in [5.41, 5.74) is 2.76. The number of urea groups is 1. The first-order chi connectivity index (χ1) is 9.10. The zero-order valence-electron chi connectivity index (χ0n) is 11.1. The predicted molar refractivity (Wildman–Crippen MR) is 72.5 cm³/mol. The number of hydrogen-bond donors (Lipinski definition) is 2. The molecule has 1 aromatic rings. The average molecular weight is 262 g/mol. The van der Waals surface area contributed by atoms with Gasteiger partial charge < -0.3 is 10.4 Å². The van der Waals surface area contributed by atoms with Crippen molar-refractivity contribution in [2.45, 2.75) is 32.7 Å². The van der Waals surface area contributed by atoms with Gasteiger partial charge in [0.2, 0.25) is 0 Å². The summed E-state index contributed by atoms with van der Waals surface area (Å²) >= 11 is 0. The van der Waals surface area contributed by atoms with E-state index in [4.69, 9.17) is 0 Å². The number of carboxylic acid groups (broad SMARTS) is 1. The van der Waals surface area contributed by atoms with E-state index in [1.807, 2.05) is 32.0 Å². The number of anilines is 1. The number of carbonyl (C=O) groups excluding carboxylic acids is 1. The van der Waals surface area contributed by atoms with Crippen molar-refractivity contribution in [2.24, 2.45) is 0 Å². The smallest absolute Gasteiger partial charge is 0.328 e. The number of carboxylic acids is 1. The Hall–Kier alpha value is -2.04. The van der Waals surface area contributed by atoms with Gasteiger partial charge in [0.25, 0.3) is 0 Å². The van der Waals surface area contributed by atoms with Crippen LogP contribution in [-0.2, 0) is 17.6 Å². The van der Waals surface area contributed by atoms with Crippen molar-refractivity contribution in [3.8, 4) is 0 Å². The maximum absolute atomic E-state index is 12.0. The summed E-state index contributed by atoms with van der Waals surface area (Å²) in [5, 5.41) is 11.9. The van der Waals surface area contributed by atoms with Crippen LogP contribution in [0.2, 0.25) is 0 Å². The summed E-state index contributed by atoms with van der Waals surface area (Å²) in [6.07, 6.45) is 1.53. The summed E-state index contributed by atoms with van der Waals surface area (Å²) in [6.45, 7) is 4.15. The Morgan fingerprint density at radius 3 is 2.42 bits per heavy atom. The van der Waals surface area contributed by atoms with E-state index in [0.29, 0.717) is 0 Å². The first-order valence-corrected chi connectivity index (χ1v) is 6.50. The molecule has 102 valence electrons. The second-order valence-electron chi connectivity index (χ2n) is 4.54. The second-order valence-corrected chi connectivity index (χ2v) is 4.54. The molecule has 1 aliphatic rings. The number of aryl methyl sites for hydroxylation is 2. The maximum Gasteiger partial charge on any atom is 0.328 e. The number of nitrogens with zero attached hydrogens (tertiary/aromatic N) is 1. The molecule has 2 N–H and O–H groups in total.